The third kappa shape index (κ3) is 5.02. The van der Waals surface area contributed by atoms with Crippen LogP contribution in [0.4, 0.5) is 0 Å². The molecule has 0 aromatic rings. The summed E-state index contributed by atoms with van der Waals surface area (Å²) in [6.07, 6.45) is 1.11. The summed E-state index contributed by atoms with van der Waals surface area (Å²) in [6, 6.07) is 0.310. The van der Waals surface area contributed by atoms with Crippen LogP contribution < -0.4 is 5.32 Å². The van der Waals surface area contributed by atoms with Gasteiger partial charge >= 0.3 is 0 Å². The Morgan fingerprint density at radius 3 is 2.88 bits per heavy atom. The first-order valence-corrected chi connectivity index (χ1v) is 6.36. The highest BCUT2D eigenvalue weighted by atomic mass is 16.5. The molecule has 2 N–H and O–H groups in total. The molecule has 0 bridgehead atoms. The normalized spacial score (nSPS) is 20.6. The first-order chi connectivity index (χ1) is 8.15. The zero-order chi connectivity index (χ0) is 12.7. The lowest BCUT2D eigenvalue weighted by atomic mass is 10.1. The zero-order valence-electron chi connectivity index (χ0n) is 10.8. The second kappa shape index (κ2) is 7.63. The maximum atomic E-state index is 12.1. The van der Waals surface area contributed by atoms with Crippen molar-refractivity contribution in [2.45, 2.75) is 38.8 Å². The van der Waals surface area contributed by atoms with E-state index in [-0.39, 0.29) is 24.6 Å². The number of morpholine rings is 1. The maximum Gasteiger partial charge on any atom is 0.224 e. The van der Waals surface area contributed by atoms with Crippen molar-refractivity contribution in [3.63, 3.8) is 0 Å². The van der Waals surface area contributed by atoms with E-state index in [4.69, 9.17) is 9.84 Å². The van der Waals surface area contributed by atoms with E-state index < -0.39 is 0 Å². The van der Waals surface area contributed by atoms with Crippen LogP contribution in [-0.4, -0.2) is 60.9 Å². The summed E-state index contributed by atoms with van der Waals surface area (Å²) >= 11 is 0. The highest BCUT2D eigenvalue weighted by Crippen LogP contribution is 2.07. The van der Waals surface area contributed by atoms with Gasteiger partial charge in [-0.3, -0.25) is 4.79 Å². The van der Waals surface area contributed by atoms with Gasteiger partial charge < -0.3 is 20.1 Å². The Bertz CT molecular complexity index is 228. The molecule has 5 nitrogen and oxygen atoms in total. The predicted molar refractivity (Wildman–Crippen MR) is 65.8 cm³/mol. The summed E-state index contributed by atoms with van der Waals surface area (Å²) in [5.41, 5.74) is 0. The summed E-state index contributed by atoms with van der Waals surface area (Å²) in [7, 11) is 0. The number of amides is 1. The number of nitrogens with one attached hydrogen (secondary N) is 1. The monoisotopic (exact) mass is 244 g/mol. The average Bonchev–Trinajstić information content (AvgIpc) is 2.30. The minimum atomic E-state index is 0.126. The fourth-order valence-corrected chi connectivity index (χ4v) is 1.99. The molecule has 1 atom stereocenters. The summed E-state index contributed by atoms with van der Waals surface area (Å²) in [6.45, 7) is 6.90. The van der Waals surface area contributed by atoms with Crippen LogP contribution in [0, 0.1) is 0 Å². The lowest BCUT2D eigenvalue weighted by molar-refractivity contribution is -0.134. The van der Waals surface area contributed by atoms with E-state index in [1.165, 1.54) is 0 Å². The molecule has 1 rings (SSSR count). The Labute approximate surface area is 103 Å². The van der Waals surface area contributed by atoms with Crippen molar-refractivity contribution in [3.8, 4) is 0 Å². The van der Waals surface area contributed by atoms with Crippen LogP contribution in [0.3, 0.4) is 0 Å². The van der Waals surface area contributed by atoms with Gasteiger partial charge in [-0.1, -0.05) is 0 Å². The van der Waals surface area contributed by atoms with E-state index in [1.54, 1.807) is 0 Å². The Kier molecular flexibility index (Phi) is 6.47. The number of hydrogen-bond acceptors (Lipinski definition) is 4. The molecule has 0 spiro atoms. The Balaban J connectivity index is 2.40. The lowest BCUT2D eigenvalue weighted by Crippen LogP contribution is -2.46. The minimum absolute atomic E-state index is 0.126. The molecule has 1 amide bonds. The quantitative estimate of drug-likeness (QED) is 0.689. The van der Waals surface area contributed by atoms with E-state index in [9.17, 15) is 4.79 Å². The number of nitrogens with zero attached hydrogens (tertiary/aromatic N) is 1. The molecule has 1 heterocycles. The zero-order valence-corrected chi connectivity index (χ0v) is 10.8. The van der Waals surface area contributed by atoms with E-state index in [0.29, 0.717) is 26.0 Å². The summed E-state index contributed by atoms with van der Waals surface area (Å²) in [5, 5.41) is 12.1. The molecule has 0 radical (unpaired) electrons. The molecule has 1 aliphatic rings. The van der Waals surface area contributed by atoms with Crippen molar-refractivity contribution in [1.29, 1.82) is 0 Å². The number of carbonyl (C=O) groups is 1. The van der Waals surface area contributed by atoms with Gasteiger partial charge in [0, 0.05) is 38.2 Å². The molecule has 1 unspecified atom stereocenters. The Morgan fingerprint density at radius 1 is 1.59 bits per heavy atom. The van der Waals surface area contributed by atoms with Crippen LogP contribution in [0.2, 0.25) is 0 Å². The molecule has 0 saturated carbocycles. The SMILES string of the molecule is CC(C)N(CCCO)C(=O)CC1COCCN1. The summed E-state index contributed by atoms with van der Waals surface area (Å²) < 4.78 is 5.33. The Morgan fingerprint density at radius 2 is 2.35 bits per heavy atom. The van der Waals surface area contributed by atoms with E-state index in [0.717, 1.165) is 13.2 Å². The lowest BCUT2D eigenvalue weighted by Gasteiger charge is -2.30. The van der Waals surface area contributed by atoms with Crippen LogP contribution in [0.15, 0.2) is 0 Å². The van der Waals surface area contributed by atoms with Crippen molar-refractivity contribution < 1.29 is 14.6 Å². The number of ether oxygens (including phenoxy) is 1. The first-order valence-electron chi connectivity index (χ1n) is 6.36. The van der Waals surface area contributed by atoms with Crippen LogP contribution in [0.25, 0.3) is 0 Å². The molecule has 0 aromatic carbocycles. The number of rotatable bonds is 6. The average molecular weight is 244 g/mol. The molecule has 100 valence electrons. The minimum Gasteiger partial charge on any atom is -0.396 e. The molecule has 5 heteroatoms. The summed E-state index contributed by atoms with van der Waals surface area (Å²) in [5.74, 6) is 0.136. The molecule has 17 heavy (non-hydrogen) atoms. The standard InChI is InChI=1S/C12H24N2O3/c1-10(2)14(5-3-6-15)12(16)8-11-9-17-7-4-13-11/h10-11,13,15H,3-9H2,1-2H3. The van der Waals surface area contributed by atoms with Crippen molar-refractivity contribution in [3.05, 3.63) is 0 Å². The Hall–Kier alpha value is -0.650. The van der Waals surface area contributed by atoms with Gasteiger partial charge in [-0.2, -0.15) is 0 Å². The van der Waals surface area contributed by atoms with Crippen LogP contribution >= 0.6 is 0 Å². The smallest absolute Gasteiger partial charge is 0.224 e. The third-order valence-corrected chi connectivity index (χ3v) is 2.92. The van der Waals surface area contributed by atoms with Crippen molar-refractivity contribution in [1.82, 2.24) is 10.2 Å². The largest absolute Gasteiger partial charge is 0.396 e. The highest BCUT2D eigenvalue weighted by Gasteiger charge is 2.22. The second-order valence-electron chi connectivity index (χ2n) is 4.69. The van der Waals surface area contributed by atoms with Gasteiger partial charge in [0.1, 0.15) is 0 Å². The fourth-order valence-electron chi connectivity index (χ4n) is 1.99. The van der Waals surface area contributed by atoms with Crippen molar-refractivity contribution in [2.24, 2.45) is 0 Å². The topological polar surface area (TPSA) is 61.8 Å². The van der Waals surface area contributed by atoms with Gasteiger partial charge in [0.15, 0.2) is 0 Å². The number of aliphatic hydroxyl groups excluding tert-OH is 1. The third-order valence-electron chi connectivity index (χ3n) is 2.92. The van der Waals surface area contributed by atoms with Crippen LogP contribution in [-0.2, 0) is 9.53 Å². The highest BCUT2D eigenvalue weighted by molar-refractivity contribution is 5.77. The molecule has 1 saturated heterocycles. The molecule has 1 aliphatic heterocycles. The maximum absolute atomic E-state index is 12.1. The van der Waals surface area contributed by atoms with E-state index >= 15 is 0 Å². The molecular formula is C12H24N2O3. The molecule has 1 fully saturated rings. The van der Waals surface area contributed by atoms with Crippen LogP contribution in [0.5, 0.6) is 0 Å². The molecular weight excluding hydrogens is 220 g/mol. The molecule has 0 aromatic heterocycles. The van der Waals surface area contributed by atoms with Gasteiger partial charge in [0.25, 0.3) is 0 Å². The van der Waals surface area contributed by atoms with Gasteiger partial charge in [0.2, 0.25) is 5.91 Å². The van der Waals surface area contributed by atoms with Gasteiger partial charge in [-0.25, -0.2) is 0 Å². The number of aliphatic hydroxyl groups is 1. The fraction of sp³-hybridized carbons (Fsp3) is 0.917. The number of carbonyl (C=O) groups excluding carboxylic acids is 1. The first kappa shape index (κ1) is 14.4. The summed E-state index contributed by atoms with van der Waals surface area (Å²) in [4.78, 5) is 13.9. The van der Waals surface area contributed by atoms with E-state index in [2.05, 4.69) is 5.32 Å². The van der Waals surface area contributed by atoms with Gasteiger partial charge in [-0.05, 0) is 20.3 Å². The number of hydrogen-bond donors (Lipinski definition) is 2. The molecule has 0 aliphatic carbocycles. The van der Waals surface area contributed by atoms with Crippen LogP contribution in [0.1, 0.15) is 26.7 Å². The second-order valence-corrected chi connectivity index (χ2v) is 4.69. The van der Waals surface area contributed by atoms with Gasteiger partial charge in [0.05, 0.1) is 13.2 Å². The van der Waals surface area contributed by atoms with E-state index in [1.807, 2.05) is 18.7 Å². The predicted octanol–water partition coefficient (Wildman–Crippen LogP) is -0.0157. The van der Waals surface area contributed by atoms with Crippen molar-refractivity contribution >= 4 is 5.91 Å². The van der Waals surface area contributed by atoms with Crippen molar-refractivity contribution in [2.75, 3.05) is 32.9 Å². The van der Waals surface area contributed by atoms with Gasteiger partial charge in [-0.15, -0.1) is 0 Å².